The summed E-state index contributed by atoms with van der Waals surface area (Å²) in [5, 5.41) is 0. The van der Waals surface area contributed by atoms with Crippen molar-refractivity contribution in [3.8, 4) is 0 Å². The van der Waals surface area contributed by atoms with Crippen molar-refractivity contribution in [3.63, 3.8) is 0 Å². The van der Waals surface area contributed by atoms with E-state index in [1.807, 2.05) is 12.5 Å². The van der Waals surface area contributed by atoms with Crippen LogP contribution in [0.3, 0.4) is 0 Å². The lowest BCUT2D eigenvalue weighted by Gasteiger charge is -1.96. The van der Waals surface area contributed by atoms with E-state index in [1.54, 1.807) is 11.8 Å². The van der Waals surface area contributed by atoms with Crippen LogP contribution < -0.4 is 0 Å². The van der Waals surface area contributed by atoms with Crippen LogP contribution in [0.25, 0.3) is 0 Å². The van der Waals surface area contributed by atoms with E-state index in [-0.39, 0.29) is 24.7 Å². The van der Waals surface area contributed by atoms with Crippen molar-refractivity contribution in [2.24, 2.45) is 0 Å². The normalized spacial score (nSPS) is 16.5. The molecule has 64 valence electrons. The highest BCUT2D eigenvalue weighted by Gasteiger charge is 2.26. The van der Waals surface area contributed by atoms with Gasteiger partial charge in [0.15, 0.2) is 0 Å². The molecule has 1 aliphatic rings. The van der Waals surface area contributed by atoms with Crippen LogP contribution in [0.15, 0.2) is 0 Å². The fourth-order valence-corrected chi connectivity index (χ4v) is 0.718. The largest absolute Gasteiger partial charge is 0.273 e. The lowest BCUT2D eigenvalue weighted by molar-refractivity contribution is -0.132. The summed E-state index contributed by atoms with van der Waals surface area (Å²) in [5.41, 5.74) is 0. The molecule has 0 unspecified atom stereocenters. The standard InChI is InChI=1S/C4H4ClNO2.C2H6S/c5-6-3(7)1-2-4(6)8;1-3-2/h1-2H2;1-2H3. The molecule has 2 amide bonds. The first kappa shape index (κ1) is 10.8. The Labute approximate surface area is 75.2 Å². The van der Waals surface area contributed by atoms with Crippen LogP contribution in [0.2, 0.25) is 0 Å². The Balaban J connectivity index is 0.000000292. The number of hydrogen-bond donors (Lipinski definition) is 0. The Bertz CT molecular complexity index is 147. The van der Waals surface area contributed by atoms with Crippen molar-refractivity contribution in [2.45, 2.75) is 12.8 Å². The Morgan fingerprint density at radius 2 is 1.55 bits per heavy atom. The summed E-state index contributed by atoms with van der Waals surface area (Å²) >= 11 is 6.90. The molecule has 11 heavy (non-hydrogen) atoms. The van der Waals surface area contributed by atoms with Gasteiger partial charge >= 0.3 is 0 Å². The third-order valence-electron chi connectivity index (χ3n) is 0.991. The maximum Gasteiger partial charge on any atom is 0.244 e. The molecule has 5 heteroatoms. The lowest BCUT2D eigenvalue weighted by atomic mass is 10.4. The summed E-state index contributed by atoms with van der Waals surface area (Å²) in [6.07, 6.45) is 4.62. The van der Waals surface area contributed by atoms with Crippen LogP contribution >= 0.6 is 23.5 Å². The van der Waals surface area contributed by atoms with Gasteiger partial charge in [-0.1, -0.05) is 0 Å². The fraction of sp³-hybridized carbons (Fsp3) is 0.667. The Kier molecular flexibility index (Phi) is 5.32. The predicted octanol–water partition coefficient (Wildman–Crippen LogP) is 1.27. The van der Waals surface area contributed by atoms with Gasteiger partial charge in [-0.3, -0.25) is 9.59 Å². The lowest BCUT2D eigenvalue weighted by Crippen LogP contribution is -2.16. The molecule has 0 radical (unpaired) electrons. The molecule has 1 saturated heterocycles. The maximum absolute atomic E-state index is 10.4. The molecule has 0 spiro atoms. The molecule has 0 bridgehead atoms. The predicted molar refractivity (Wildman–Crippen MR) is 46.4 cm³/mol. The second-order valence-corrected chi connectivity index (χ2v) is 3.13. The summed E-state index contributed by atoms with van der Waals surface area (Å²) < 4.78 is 0.639. The minimum atomic E-state index is -0.295. The first-order valence-corrected chi connectivity index (χ1v) is 5.02. The second kappa shape index (κ2) is 5.43. The highest BCUT2D eigenvalue weighted by Crippen LogP contribution is 2.12. The SMILES string of the molecule is CSC.O=C1CCC(=O)N1Cl. The van der Waals surface area contributed by atoms with E-state index < -0.39 is 0 Å². The molecule has 1 heterocycles. The first-order chi connectivity index (χ1) is 5.13. The summed E-state index contributed by atoms with van der Waals surface area (Å²) in [7, 11) is 0. The van der Waals surface area contributed by atoms with Gasteiger partial charge in [0.05, 0.1) is 0 Å². The number of thioether (sulfide) groups is 1. The quantitative estimate of drug-likeness (QED) is 0.432. The van der Waals surface area contributed by atoms with Gasteiger partial charge in [0.25, 0.3) is 0 Å². The van der Waals surface area contributed by atoms with Gasteiger partial charge in [-0.2, -0.15) is 16.2 Å². The zero-order valence-electron chi connectivity index (χ0n) is 6.46. The molecular formula is C6H10ClNO2S. The third-order valence-corrected chi connectivity index (χ3v) is 1.37. The summed E-state index contributed by atoms with van der Waals surface area (Å²) in [6, 6.07) is 0. The van der Waals surface area contributed by atoms with Crippen LogP contribution in [-0.2, 0) is 9.59 Å². The second-order valence-electron chi connectivity index (χ2n) is 1.98. The number of rotatable bonds is 0. The van der Waals surface area contributed by atoms with Gasteiger partial charge in [0.1, 0.15) is 0 Å². The van der Waals surface area contributed by atoms with E-state index in [1.165, 1.54) is 0 Å². The van der Waals surface area contributed by atoms with Gasteiger partial charge in [0, 0.05) is 24.6 Å². The van der Waals surface area contributed by atoms with Crippen molar-refractivity contribution < 1.29 is 9.59 Å². The number of imide groups is 1. The number of carbonyl (C=O) groups is 2. The van der Waals surface area contributed by atoms with Crippen molar-refractivity contribution in [1.82, 2.24) is 4.42 Å². The summed E-state index contributed by atoms with van der Waals surface area (Å²) in [4.78, 5) is 20.7. The van der Waals surface area contributed by atoms with Gasteiger partial charge in [-0.25, -0.2) is 0 Å². The van der Waals surface area contributed by atoms with Crippen LogP contribution in [0.1, 0.15) is 12.8 Å². The Morgan fingerprint density at radius 1 is 1.27 bits per heavy atom. The Hall–Kier alpha value is -0.220. The first-order valence-electron chi connectivity index (χ1n) is 3.05. The molecule has 3 nitrogen and oxygen atoms in total. The maximum atomic E-state index is 10.4. The number of carbonyl (C=O) groups excluding carboxylic acids is 2. The molecule has 0 aromatic rings. The number of amides is 2. The molecule has 0 saturated carbocycles. The van der Waals surface area contributed by atoms with E-state index in [4.69, 9.17) is 11.8 Å². The van der Waals surface area contributed by atoms with Crippen LogP contribution in [0.4, 0.5) is 0 Å². The minimum Gasteiger partial charge on any atom is -0.273 e. The van der Waals surface area contributed by atoms with Gasteiger partial charge < -0.3 is 0 Å². The van der Waals surface area contributed by atoms with Crippen molar-refractivity contribution in [1.29, 1.82) is 0 Å². The van der Waals surface area contributed by atoms with E-state index in [0.29, 0.717) is 4.42 Å². The average Bonchev–Trinajstić information content (AvgIpc) is 2.22. The number of halogens is 1. The molecule has 0 aliphatic carbocycles. The van der Waals surface area contributed by atoms with E-state index in [9.17, 15) is 9.59 Å². The zero-order valence-corrected chi connectivity index (χ0v) is 8.04. The molecular weight excluding hydrogens is 186 g/mol. The van der Waals surface area contributed by atoms with Gasteiger partial charge in [-0.05, 0) is 12.5 Å². The summed E-state index contributed by atoms with van der Waals surface area (Å²) in [6.45, 7) is 0. The molecule has 1 fully saturated rings. The molecule has 0 aromatic heterocycles. The minimum absolute atomic E-state index is 0.266. The molecule has 0 aromatic carbocycles. The highest BCUT2D eigenvalue weighted by atomic mass is 35.5. The molecule has 0 atom stereocenters. The fourth-order valence-electron chi connectivity index (χ4n) is 0.549. The number of nitrogens with zero attached hydrogens (tertiary/aromatic N) is 1. The average molecular weight is 196 g/mol. The van der Waals surface area contributed by atoms with E-state index in [2.05, 4.69) is 0 Å². The Morgan fingerprint density at radius 3 is 1.64 bits per heavy atom. The number of hydrogen-bond acceptors (Lipinski definition) is 3. The molecule has 1 aliphatic heterocycles. The summed E-state index contributed by atoms with van der Waals surface area (Å²) in [5.74, 6) is -0.590. The van der Waals surface area contributed by atoms with Crippen molar-refractivity contribution in [3.05, 3.63) is 0 Å². The monoisotopic (exact) mass is 195 g/mol. The van der Waals surface area contributed by atoms with E-state index >= 15 is 0 Å². The van der Waals surface area contributed by atoms with Gasteiger partial charge in [0.2, 0.25) is 11.8 Å². The van der Waals surface area contributed by atoms with Crippen molar-refractivity contribution >= 4 is 35.4 Å². The van der Waals surface area contributed by atoms with Crippen LogP contribution in [-0.4, -0.2) is 28.7 Å². The molecule has 0 N–H and O–H groups in total. The smallest absolute Gasteiger partial charge is 0.244 e. The topological polar surface area (TPSA) is 37.4 Å². The molecule has 1 rings (SSSR count). The van der Waals surface area contributed by atoms with E-state index in [0.717, 1.165) is 0 Å². The van der Waals surface area contributed by atoms with Crippen LogP contribution in [0, 0.1) is 0 Å². The van der Waals surface area contributed by atoms with Gasteiger partial charge in [-0.15, -0.1) is 0 Å². The third kappa shape index (κ3) is 3.62. The zero-order chi connectivity index (χ0) is 8.85. The van der Waals surface area contributed by atoms with Crippen molar-refractivity contribution in [2.75, 3.05) is 12.5 Å². The van der Waals surface area contributed by atoms with Crippen LogP contribution in [0.5, 0.6) is 0 Å². The highest BCUT2D eigenvalue weighted by molar-refractivity contribution is 7.97.